The first kappa shape index (κ1) is 15.8. The molecule has 0 bridgehead atoms. The Morgan fingerprint density at radius 2 is 1.73 bits per heavy atom. The lowest BCUT2D eigenvalue weighted by atomic mass is 9.76. The maximum absolute atomic E-state index is 13.9. The molecule has 0 saturated heterocycles. The summed E-state index contributed by atoms with van der Waals surface area (Å²) in [6, 6.07) is 4.64. The highest BCUT2D eigenvalue weighted by Crippen LogP contribution is 2.50. The third kappa shape index (κ3) is 2.55. The highest BCUT2D eigenvalue weighted by molar-refractivity contribution is 5.40. The van der Waals surface area contributed by atoms with Crippen molar-refractivity contribution in [2.45, 2.75) is 69.6 Å². The van der Waals surface area contributed by atoms with Gasteiger partial charge in [-0.25, -0.2) is 0 Å². The average molecular weight is 314 g/mol. The summed E-state index contributed by atoms with van der Waals surface area (Å²) in [6.07, 6.45) is 4.96. The number of halogens is 4. The zero-order valence-corrected chi connectivity index (χ0v) is 12.8. The maximum atomic E-state index is 13.9. The van der Waals surface area contributed by atoms with Gasteiger partial charge in [-0.15, -0.1) is 0 Å². The lowest BCUT2D eigenvalue weighted by Gasteiger charge is -2.34. The molecule has 3 rings (SSSR count). The molecule has 1 aromatic rings. The van der Waals surface area contributed by atoms with E-state index >= 15 is 0 Å². The van der Waals surface area contributed by atoms with Crippen molar-refractivity contribution in [3.05, 3.63) is 34.9 Å². The molecule has 0 aliphatic heterocycles. The average Bonchev–Trinajstić information content (AvgIpc) is 2.51. The summed E-state index contributed by atoms with van der Waals surface area (Å²) in [5.41, 5.74) is 0.982. The van der Waals surface area contributed by atoms with Crippen LogP contribution in [0.5, 0.6) is 0 Å². The Morgan fingerprint density at radius 1 is 1.05 bits per heavy atom. The SMILES string of the molecule is CCC1CCC(c2ccc3c(c2)CCC(F)(F)C3(F)F)CC1. The zero-order valence-electron chi connectivity index (χ0n) is 12.8. The standard InChI is InChI=1S/C18H22F4/c1-2-12-3-5-13(6-4-12)14-7-8-16-15(11-14)9-10-17(19,20)18(16,21)22/h7-8,11-13H,2-6,9-10H2,1H3. The van der Waals surface area contributed by atoms with E-state index in [-0.39, 0.29) is 6.42 Å². The largest absolute Gasteiger partial charge is 0.335 e. The van der Waals surface area contributed by atoms with E-state index in [1.807, 2.05) is 0 Å². The van der Waals surface area contributed by atoms with Crippen LogP contribution in [0.2, 0.25) is 0 Å². The lowest BCUT2D eigenvalue weighted by Crippen LogP contribution is -2.42. The summed E-state index contributed by atoms with van der Waals surface area (Å²) in [7, 11) is 0. The number of rotatable bonds is 2. The van der Waals surface area contributed by atoms with Crippen LogP contribution in [0.25, 0.3) is 0 Å². The second-order valence-electron chi connectivity index (χ2n) is 6.82. The molecule has 0 unspecified atom stereocenters. The van der Waals surface area contributed by atoms with Gasteiger partial charge in [0.1, 0.15) is 0 Å². The molecule has 1 saturated carbocycles. The fourth-order valence-electron chi connectivity index (χ4n) is 3.93. The first-order valence-electron chi connectivity index (χ1n) is 8.24. The summed E-state index contributed by atoms with van der Waals surface area (Å²) < 4.78 is 54.7. The van der Waals surface area contributed by atoms with Crippen molar-refractivity contribution < 1.29 is 17.6 Å². The molecule has 0 radical (unpaired) electrons. The van der Waals surface area contributed by atoms with Gasteiger partial charge in [0.25, 0.3) is 0 Å². The van der Waals surface area contributed by atoms with Crippen LogP contribution < -0.4 is 0 Å². The molecule has 0 N–H and O–H groups in total. The van der Waals surface area contributed by atoms with Gasteiger partial charge in [0.2, 0.25) is 0 Å². The highest BCUT2D eigenvalue weighted by Gasteiger charge is 2.59. The molecule has 0 atom stereocenters. The van der Waals surface area contributed by atoms with E-state index in [4.69, 9.17) is 0 Å². The molecule has 4 heteroatoms. The van der Waals surface area contributed by atoms with Crippen LogP contribution in [0.4, 0.5) is 17.6 Å². The van der Waals surface area contributed by atoms with Gasteiger partial charge >= 0.3 is 11.8 Å². The van der Waals surface area contributed by atoms with E-state index in [1.54, 1.807) is 12.1 Å². The van der Waals surface area contributed by atoms with E-state index in [1.165, 1.54) is 25.3 Å². The van der Waals surface area contributed by atoms with Gasteiger partial charge in [-0.05, 0) is 55.1 Å². The zero-order chi connectivity index (χ0) is 16.0. The Kier molecular flexibility index (Phi) is 3.98. The van der Waals surface area contributed by atoms with E-state index in [9.17, 15) is 17.6 Å². The predicted octanol–water partition coefficient (Wildman–Crippen LogP) is 6.04. The van der Waals surface area contributed by atoms with Gasteiger partial charge in [-0.3, -0.25) is 0 Å². The molecule has 0 amide bonds. The fourth-order valence-corrected chi connectivity index (χ4v) is 3.93. The minimum absolute atomic E-state index is 0.0378. The van der Waals surface area contributed by atoms with Gasteiger partial charge < -0.3 is 0 Å². The van der Waals surface area contributed by atoms with Crippen molar-refractivity contribution >= 4 is 0 Å². The van der Waals surface area contributed by atoms with Crippen molar-refractivity contribution in [1.82, 2.24) is 0 Å². The van der Waals surface area contributed by atoms with Crippen LogP contribution in [0.3, 0.4) is 0 Å². The second kappa shape index (κ2) is 5.54. The number of hydrogen-bond acceptors (Lipinski definition) is 0. The van der Waals surface area contributed by atoms with E-state index in [0.717, 1.165) is 24.3 Å². The summed E-state index contributed by atoms with van der Waals surface area (Å²) in [6.45, 7) is 2.20. The molecular weight excluding hydrogens is 292 g/mol. The van der Waals surface area contributed by atoms with E-state index in [2.05, 4.69) is 6.92 Å². The van der Waals surface area contributed by atoms with Crippen LogP contribution in [-0.4, -0.2) is 5.92 Å². The van der Waals surface area contributed by atoms with Crippen LogP contribution in [0.1, 0.15) is 68.1 Å². The van der Waals surface area contributed by atoms with Crippen molar-refractivity contribution in [1.29, 1.82) is 0 Å². The third-order valence-corrected chi connectivity index (χ3v) is 5.53. The number of alkyl halides is 4. The topological polar surface area (TPSA) is 0 Å². The van der Waals surface area contributed by atoms with Crippen LogP contribution in [0, 0.1) is 5.92 Å². The van der Waals surface area contributed by atoms with E-state index < -0.39 is 23.8 Å². The maximum Gasteiger partial charge on any atom is 0.335 e. The number of hydrogen-bond donors (Lipinski definition) is 0. The Bertz CT molecular complexity index is 542. The van der Waals surface area contributed by atoms with Crippen molar-refractivity contribution in [2.24, 2.45) is 5.92 Å². The highest BCUT2D eigenvalue weighted by atomic mass is 19.3. The minimum Gasteiger partial charge on any atom is -0.199 e. The summed E-state index contributed by atoms with van der Waals surface area (Å²) in [5.74, 6) is -6.80. The monoisotopic (exact) mass is 314 g/mol. The quantitative estimate of drug-likeness (QED) is 0.583. The molecule has 2 aliphatic rings. The van der Waals surface area contributed by atoms with E-state index in [0.29, 0.717) is 11.5 Å². The minimum atomic E-state index is -4.04. The van der Waals surface area contributed by atoms with Gasteiger partial charge in [-0.1, -0.05) is 31.5 Å². The molecule has 122 valence electrons. The number of fused-ring (bicyclic) bond motifs is 1. The Morgan fingerprint density at radius 3 is 2.36 bits per heavy atom. The Labute approximate surface area is 128 Å². The van der Waals surface area contributed by atoms with Crippen molar-refractivity contribution in [2.75, 3.05) is 0 Å². The molecule has 0 aromatic heterocycles. The van der Waals surface area contributed by atoms with Crippen LogP contribution in [0.15, 0.2) is 18.2 Å². The van der Waals surface area contributed by atoms with Crippen LogP contribution >= 0.6 is 0 Å². The van der Waals surface area contributed by atoms with Crippen molar-refractivity contribution in [3.63, 3.8) is 0 Å². The first-order chi connectivity index (χ1) is 10.3. The molecule has 0 heterocycles. The van der Waals surface area contributed by atoms with Crippen LogP contribution in [-0.2, 0) is 12.3 Å². The molecule has 1 aromatic carbocycles. The molecular formula is C18H22F4. The van der Waals surface area contributed by atoms with Crippen molar-refractivity contribution in [3.8, 4) is 0 Å². The van der Waals surface area contributed by atoms with Gasteiger partial charge in [-0.2, -0.15) is 17.6 Å². The fraction of sp³-hybridized carbons (Fsp3) is 0.667. The second-order valence-corrected chi connectivity index (χ2v) is 6.82. The number of aryl methyl sites for hydroxylation is 1. The first-order valence-corrected chi connectivity index (χ1v) is 8.24. The molecule has 2 aliphatic carbocycles. The molecule has 0 spiro atoms. The lowest BCUT2D eigenvalue weighted by molar-refractivity contribution is -0.224. The molecule has 22 heavy (non-hydrogen) atoms. The Balaban J connectivity index is 1.84. The number of benzene rings is 1. The van der Waals surface area contributed by atoms with Gasteiger partial charge in [0.05, 0.1) is 0 Å². The third-order valence-electron chi connectivity index (χ3n) is 5.53. The molecule has 0 nitrogen and oxygen atoms in total. The van der Waals surface area contributed by atoms with Gasteiger partial charge in [0.15, 0.2) is 0 Å². The Hall–Kier alpha value is -1.06. The summed E-state index contributed by atoms with van der Waals surface area (Å²) >= 11 is 0. The summed E-state index contributed by atoms with van der Waals surface area (Å²) in [5, 5.41) is 0. The molecule has 1 fully saturated rings. The predicted molar refractivity (Wildman–Crippen MR) is 78.6 cm³/mol. The smallest absolute Gasteiger partial charge is 0.199 e. The van der Waals surface area contributed by atoms with Gasteiger partial charge in [0, 0.05) is 12.0 Å². The normalized spacial score (nSPS) is 29.9. The summed E-state index contributed by atoms with van der Waals surface area (Å²) in [4.78, 5) is 0.